The van der Waals surface area contributed by atoms with Crippen molar-refractivity contribution in [2.75, 3.05) is 6.54 Å². The molecule has 0 aliphatic rings. The van der Waals surface area contributed by atoms with Crippen LogP contribution in [0, 0.1) is 0 Å². The third kappa shape index (κ3) is 7.15. The van der Waals surface area contributed by atoms with Crippen LogP contribution in [0.2, 0.25) is 0 Å². The minimum atomic E-state index is 0.860. The largest absolute Gasteiger partial charge is 0.293 e. The van der Waals surface area contributed by atoms with Gasteiger partial charge in [-0.2, -0.15) is 0 Å². The van der Waals surface area contributed by atoms with E-state index in [-0.39, 0.29) is 0 Å². The van der Waals surface area contributed by atoms with Crippen molar-refractivity contribution in [1.29, 1.82) is 0 Å². The fourth-order valence-electron chi connectivity index (χ4n) is 0.402. The van der Waals surface area contributed by atoms with Crippen molar-refractivity contribution in [2.45, 2.75) is 13.3 Å². The van der Waals surface area contributed by atoms with E-state index in [9.17, 15) is 0 Å². The maximum Gasteiger partial charge on any atom is 0.0360 e. The number of hydrogen-bond donors (Lipinski definition) is 0. The van der Waals surface area contributed by atoms with Gasteiger partial charge in [0, 0.05) is 12.8 Å². The van der Waals surface area contributed by atoms with Crippen molar-refractivity contribution < 1.29 is 0 Å². The van der Waals surface area contributed by atoms with Crippen LogP contribution in [0.1, 0.15) is 13.3 Å². The first-order valence-corrected chi connectivity index (χ1v) is 3.17. The first kappa shape index (κ1) is 8.15. The highest BCUT2D eigenvalue weighted by Gasteiger charge is 1.64. The van der Waals surface area contributed by atoms with Crippen molar-refractivity contribution >= 4 is 6.21 Å². The smallest absolute Gasteiger partial charge is 0.0360 e. The fraction of sp³-hybridized carbons (Fsp3) is 0.375. The average molecular weight is 123 g/mol. The highest BCUT2D eigenvalue weighted by molar-refractivity contribution is 5.70. The lowest BCUT2D eigenvalue weighted by atomic mass is 10.4. The third-order valence-corrected chi connectivity index (χ3v) is 0.813. The Morgan fingerprint density at radius 3 is 2.89 bits per heavy atom. The second-order valence-electron chi connectivity index (χ2n) is 1.60. The second kappa shape index (κ2) is 7.15. The van der Waals surface area contributed by atoms with E-state index >= 15 is 0 Å². The predicted octanol–water partition coefficient (Wildman–Crippen LogP) is 2.21. The van der Waals surface area contributed by atoms with E-state index in [4.69, 9.17) is 0 Å². The van der Waals surface area contributed by atoms with Gasteiger partial charge in [-0.25, -0.2) is 0 Å². The maximum atomic E-state index is 4.00. The molecule has 0 aromatic heterocycles. The summed E-state index contributed by atoms with van der Waals surface area (Å²) in [5.41, 5.74) is 0. The quantitative estimate of drug-likeness (QED) is 0.401. The van der Waals surface area contributed by atoms with Gasteiger partial charge in [0.25, 0.3) is 0 Å². The van der Waals surface area contributed by atoms with Gasteiger partial charge in [0.1, 0.15) is 0 Å². The van der Waals surface area contributed by atoms with Gasteiger partial charge in [0.15, 0.2) is 0 Å². The zero-order chi connectivity index (χ0) is 6.95. The van der Waals surface area contributed by atoms with Crippen LogP contribution >= 0.6 is 0 Å². The van der Waals surface area contributed by atoms with Crippen LogP contribution in [0.25, 0.3) is 0 Å². The molecule has 0 saturated heterocycles. The van der Waals surface area contributed by atoms with Gasteiger partial charge in [-0.1, -0.05) is 12.2 Å². The molecule has 0 saturated carbocycles. The van der Waals surface area contributed by atoms with Crippen molar-refractivity contribution in [3.63, 3.8) is 0 Å². The van der Waals surface area contributed by atoms with Crippen LogP contribution in [0.4, 0.5) is 0 Å². The Hall–Kier alpha value is -0.850. The van der Waals surface area contributed by atoms with Gasteiger partial charge < -0.3 is 0 Å². The minimum Gasteiger partial charge on any atom is -0.293 e. The Morgan fingerprint density at radius 2 is 2.33 bits per heavy atom. The van der Waals surface area contributed by atoms with E-state index in [2.05, 4.69) is 11.6 Å². The molecule has 0 unspecified atom stereocenters. The molecule has 0 aliphatic carbocycles. The van der Waals surface area contributed by atoms with E-state index < -0.39 is 0 Å². The molecule has 0 rings (SSSR count). The molecule has 0 radical (unpaired) electrons. The van der Waals surface area contributed by atoms with Gasteiger partial charge in [-0.3, -0.25) is 4.99 Å². The van der Waals surface area contributed by atoms with E-state index in [1.807, 2.05) is 31.4 Å². The van der Waals surface area contributed by atoms with Gasteiger partial charge in [-0.15, -0.1) is 6.58 Å². The van der Waals surface area contributed by atoms with Crippen molar-refractivity contribution in [3.8, 4) is 0 Å². The highest BCUT2D eigenvalue weighted by Crippen LogP contribution is 1.79. The van der Waals surface area contributed by atoms with E-state index in [0.717, 1.165) is 13.0 Å². The van der Waals surface area contributed by atoms with Crippen LogP contribution in [0.5, 0.6) is 0 Å². The number of hydrogen-bond acceptors (Lipinski definition) is 1. The molecule has 50 valence electrons. The Morgan fingerprint density at radius 1 is 1.56 bits per heavy atom. The summed E-state index contributed by atoms with van der Waals surface area (Å²) in [5.74, 6) is 0. The van der Waals surface area contributed by atoms with Gasteiger partial charge in [-0.05, 0) is 19.4 Å². The van der Waals surface area contributed by atoms with E-state index in [1.54, 1.807) is 0 Å². The number of rotatable bonds is 4. The summed E-state index contributed by atoms with van der Waals surface area (Å²) < 4.78 is 0. The summed E-state index contributed by atoms with van der Waals surface area (Å²) in [5, 5.41) is 0. The molecule has 1 heteroatoms. The molecular formula is C8H13N. The molecule has 9 heavy (non-hydrogen) atoms. The topological polar surface area (TPSA) is 12.4 Å². The summed E-state index contributed by atoms with van der Waals surface area (Å²) in [4.78, 5) is 4.00. The van der Waals surface area contributed by atoms with Gasteiger partial charge >= 0.3 is 0 Å². The summed E-state index contributed by atoms with van der Waals surface area (Å²) in [7, 11) is 0. The Bertz CT molecular complexity index is 112. The zero-order valence-electron chi connectivity index (χ0n) is 5.88. The standard InChI is InChI=1S/C8H13N/c1-3-5-6-7-8-9-4-2/h3,6-8H,1,4-5H2,2H3/b7-6-,9-8?. The zero-order valence-corrected chi connectivity index (χ0v) is 5.88. The lowest BCUT2D eigenvalue weighted by Gasteiger charge is -1.76. The van der Waals surface area contributed by atoms with E-state index in [0.29, 0.717) is 0 Å². The molecule has 0 aliphatic heterocycles. The second-order valence-corrected chi connectivity index (χ2v) is 1.60. The normalized spacial score (nSPS) is 11.2. The van der Waals surface area contributed by atoms with Gasteiger partial charge in [0.2, 0.25) is 0 Å². The molecule has 0 bridgehead atoms. The number of aliphatic imine (C=N–C) groups is 1. The number of nitrogens with zero attached hydrogens (tertiary/aromatic N) is 1. The Balaban J connectivity index is 3.23. The SMILES string of the molecule is C=CC/C=C\C=NCC. The Kier molecular flexibility index (Phi) is 6.47. The Labute approximate surface area is 56.8 Å². The summed E-state index contributed by atoms with van der Waals surface area (Å²) >= 11 is 0. The average Bonchev–Trinajstić information content (AvgIpc) is 1.89. The molecule has 0 N–H and O–H groups in total. The molecule has 0 amide bonds. The molecule has 0 heterocycles. The summed E-state index contributed by atoms with van der Waals surface area (Å²) in [6.07, 6.45) is 8.55. The lowest BCUT2D eigenvalue weighted by molar-refractivity contribution is 1.14. The minimum absolute atomic E-state index is 0.860. The first-order chi connectivity index (χ1) is 4.41. The monoisotopic (exact) mass is 123 g/mol. The van der Waals surface area contributed by atoms with E-state index in [1.165, 1.54) is 0 Å². The van der Waals surface area contributed by atoms with Crippen molar-refractivity contribution in [3.05, 3.63) is 24.8 Å². The molecule has 1 nitrogen and oxygen atoms in total. The molecule has 0 atom stereocenters. The lowest BCUT2D eigenvalue weighted by Crippen LogP contribution is -1.68. The summed E-state index contributed by atoms with van der Waals surface area (Å²) in [6, 6.07) is 0. The van der Waals surface area contributed by atoms with Crippen LogP contribution in [0.15, 0.2) is 29.8 Å². The molecule has 0 spiro atoms. The van der Waals surface area contributed by atoms with Crippen LogP contribution in [-0.4, -0.2) is 12.8 Å². The first-order valence-electron chi connectivity index (χ1n) is 3.17. The van der Waals surface area contributed by atoms with Crippen molar-refractivity contribution in [1.82, 2.24) is 0 Å². The fourth-order valence-corrected chi connectivity index (χ4v) is 0.402. The predicted molar refractivity (Wildman–Crippen MR) is 43.0 cm³/mol. The molecule has 0 aromatic carbocycles. The maximum absolute atomic E-state index is 4.00. The van der Waals surface area contributed by atoms with Gasteiger partial charge in [0.05, 0.1) is 0 Å². The van der Waals surface area contributed by atoms with Crippen LogP contribution in [0.3, 0.4) is 0 Å². The molecular weight excluding hydrogens is 110 g/mol. The highest BCUT2D eigenvalue weighted by atomic mass is 14.7. The molecule has 0 aromatic rings. The third-order valence-electron chi connectivity index (χ3n) is 0.813. The molecule has 0 fully saturated rings. The van der Waals surface area contributed by atoms with Crippen LogP contribution < -0.4 is 0 Å². The number of allylic oxidation sites excluding steroid dienone is 3. The summed E-state index contributed by atoms with van der Waals surface area (Å²) in [6.45, 7) is 6.45. The van der Waals surface area contributed by atoms with Crippen LogP contribution in [-0.2, 0) is 0 Å². The van der Waals surface area contributed by atoms with Crippen molar-refractivity contribution in [2.24, 2.45) is 4.99 Å².